The van der Waals surface area contributed by atoms with Gasteiger partial charge in [-0.15, -0.1) is 13.2 Å². The number of esters is 1. The number of carbonyl (C=O) groups is 1. The van der Waals surface area contributed by atoms with Gasteiger partial charge < -0.3 is 14.0 Å². The van der Waals surface area contributed by atoms with Crippen LogP contribution in [0.15, 0.2) is 41.3 Å². The van der Waals surface area contributed by atoms with Crippen molar-refractivity contribution in [2.45, 2.75) is 33.7 Å². The molecule has 1 aromatic heterocycles. The molecule has 0 atom stereocenters. The number of pyridine rings is 1. The lowest BCUT2D eigenvalue weighted by Gasteiger charge is -2.20. The number of rotatable bonds is 8. The first kappa shape index (κ1) is 26.1. The molecule has 0 spiro atoms. The summed E-state index contributed by atoms with van der Waals surface area (Å²) in [5.74, 6) is -6.25. The molecular formula is C24H23F5N2O4. The molecule has 0 saturated carbocycles. The van der Waals surface area contributed by atoms with Crippen LogP contribution in [0.2, 0.25) is 0 Å². The normalized spacial score (nSPS) is 11.8. The number of hydrogen-bond acceptors (Lipinski definition) is 5. The number of fused-ring (bicyclic) bond motifs is 1. The molecule has 3 aromatic rings. The third-order valence-corrected chi connectivity index (χ3v) is 5.37. The summed E-state index contributed by atoms with van der Waals surface area (Å²) in [6.07, 6.45) is -4.45. The second-order valence-electron chi connectivity index (χ2n) is 7.54. The number of nitrogens with zero attached hydrogens (tertiary/aromatic N) is 2. The highest BCUT2D eigenvalue weighted by Gasteiger charge is 2.36. The molecule has 2 aromatic carbocycles. The third kappa shape index (κ3) is 5.61. The number of halogens is 5. The zero-order valence-corrected chi connectivity index (χ0v) is 19.2. The molecule has 0 saturated heterocycles. The summed E-state index contributed by atoms with van der Waals surface area (Å²) in [6, 6.07) is 6.88. The van der Waals surface area contributed by atoms with E-state index in [1.807, 2.05) is 13.8 Å². The predicted octanol–water partition coefficient (Wildman–Crippen LogP) is 5.19. The molecule has 6 nitrogen and oxygen atoms in total. The summed E-state index contributed by atoms with van der Waals surface area (Å²) < 4.78 is 77.7. The number of alkyl halides is 3. The first-order chi connectivity index (χ1) is 16.5. The molecule has 35 heavy (non-hydrogen) atoms. The zero-order chi connectivity index (χ0) is 25.9. The first-order valence-electron chi connectivity index (χ1n) is 10.8. The Morgan fingerprint density at radius 1 is 1.06 bits per heavy atom. The van der Waals surface area contributed by atoms with Crippen LogP contribution in [0.5, 0.6) is 5.75 Å². The van der Waals surface area contributed by atoms with Crippen molar-refractivity contribution in [3.05, 3.63) is 69.5 Å². The van der Waals surface area contributed by atoms with Gasteiger partial charge in [0.1, 0.15) is 11.1 Å². The number of benzene rings is 2. The van der Waals surface area contributed by atoms with Crippen molar-refractivity contribution in [1.29, 1.82) is 0 Å². The molecule has 0 amide bonds. The number of aromatic nitrogens is 1. The second-order valence-corrected chi connectivity index (χ2v) is 7.54. The summed E-state index contributed by atoms with van der Waals surface area (Å²) in [6.45, 7) is 7.61. The molecule has 0 bridgehead atoms. The number of hydrogen-bond donors (Lipinski definition) is 0. The molecule has 0 unspecified atom stereocenters. The van der Waals surface area contributed by atoms with Crippen molar-refractivity contribution in [1.82, 2.24) is 9.47 Å². The first-order valence-corrected chi connectivity index (χ1v) is 10.8. The largest absolute Gasteiger partial charge is 0.573 e. The maximum absolute atomic E-state index is 14.5. The molecule has 188 valence electrons. The number of ether oxygens (including phenoxy) is 2. The molecule has 0 aliphatic heterocycles. The quantitative estimate of drug-likeness (QED) is 0.316. The zero-order valence-electron chi connectivity index (χ0n) is 19.2. The van der Waals surface area contributed by atoms with Crippen molar-refractivity contribution in [2.24, 2.45) is 0 Å². The van der Waals surface area contributed by atoms with Crippen LogP contribution >= 0.6 is 0 Å². The topological polar surface area (TPSA) is 60.8 Å². The maximum atomic E-state index is 14.5. The van der Waals surface area contributed by atoms with Crippen LogP contribution in [0.3, 0.4) is 0 Å². The van der Waals surface area contributed by atoms with E-state index < -0.39 is 51.6 Å². The van der Waals surface area contributed by atoms with Gasteiger partial charge in [0.05, 0.1) is 12.0 Å². The van der Waals surface area contributed by atoms with Crippen molar-refractivity contribution in [3.8, 4) is 11.4 Å². The summed E-state index contributed by atoms with van der Waals surface area (Å²) in [5, 5.41) is -0.680. The van der Waals surface area contributed by atoms with Gasteiger partial charge >= 0.3 is 12.3 Å². The Labute approximate surface area is 197 Å². The fourth-order valence-electron chi connectivity index (χ4n) is 3.64. The lowest BCUT2D eigenvalue weighted by Crippen LogP contribution is -2.24. The van der Waals surface area contributed by atoms with Crippen molar-refractivity contribution in [2.75, 3.05) is 19.7 Å². The Bertz CT molecular complexity index is 1280. The number of carbonyl (C=O) groups excluding carboxylic acids is 1. The van der Waals surface area contributed by atoms with Gasteiger partial charge in [0, 0.05) is 18.4 Å². The minimum atomic E-state index is -5.38. The Hall–Kier alpha value is -3.47. The van der Waals surface area contributed by atoms with Gasteiger partial charge in [-0.1, -0.05) is 26.0 Å². The third-order valence-electron chi connectivity index (χ3n) is 5.37. The van der Waals surface area contributed by atoms with Crippen LogP contribution in [0.4, 0.5) is 22.0 Å². The highest BCUT2D eigenvalue weighted by molar-refractivity contribution is 5.96. The van der Waals surface area contributed by atoms with Gasteiger partial charge in [0.15, 0.2) is 11.6 Å². The molecule has 0 radical (unpaired) electrons. The van der Waals surface area contributed by atoms with E-state index in [0.29, 0.717) is 12.6 Å². The summed E-state index contributed by atoms with van der Waals surface area (Å²) in [4.78, 5) is 27.4. The molecule has 0 N–H and O–H groups in total. The van der Waals surface area contributed by atoms with E-state index in [9.17, 15) is 31.5 Å². The van der Waals surface area contributed by atoms with E-state index in [1.165, 1.54) is 19.1 Å². The van der Waals surface area contributed by atoms with E-state index >= 15 is 0 Å². The predicted molar refractivity (Wildman–Crippen MR) is 119 cm³/mol. The molecule has 1 heterocycles. The van der Waals surface area contributed by atoms with Crippen molar-refractivity contribution >= 4 is 16.9 Å². The van der Waals surface area contributed by atoms with E-state index in [2.05, 4.69) is 9.64 Å². The summed E-state index contributed by atoms with van der Waals surface area (Å²) in [7, 11) is 0. The fourth-order valence-corrected chi connectivity index (χ4v) is 3.64. The van der Waals surface area contributed by atoms with Gasteiger partial charge in [-0.3, -0.25) is 9.69 Å². The molecule has 0 fully saturated rings. The Morgan fingerprint density at radius 3 is 2.23 bits per heavy atom. The minimum Gasteiger partial charge on any atom is -0.462 e. The molecule has 0 aliphatic rings. The van der Waals surface area contributed by atoms with Gasteiger partial charge in [-0.2, -0.15) is 4.39 Å². The van der Waals surface area contributed by atoms with E-state index in [4.69, 9.17) is 4.74 Å². The molecule has 11 heteroatoms. The average Bonchev–Trinajstić information content (AvgIpc) is 2.81. The van der Waals surface area contributed by atoms with Crippen LogP contribution in [0, 0.1) is 11.6 Å². The Kier molecular flexibility index (Phi) is 7.79. The monoisotopic (exact) mass is 498 g/mol. The highest BCUT2D eigenvalue weighted by atomic mass is 19.4. The maximum Gasteiger partial charge on any atom is 0.573 e. The van der Waals surface area contributed by atoms with E-state index in [0.717, 1.165) is 29.4 Å². The van der Waals surface area contributed by atoms with Crippen LogP contribution in [-0.4, -0.2) is 41.5 Å². The van der Waals surface area contributed by atoms with Crippen LogP contribution in [-0.2, 0) is 11.3 Å². The standard InChI is InChI=1S/C24H23F5N2O4/c1-4-30(5-2)12-14-7-9-15(10-8-14)31-13-17(23(33)34-6-3)21(32)16-11-18(25)19(26)22(20(16)31)35-24(27,28)29/h7-11,13H,4-6,12H2,1-3H3. The minimum absolute atomic E-state index is 0.0867. The second kappa shape index (κ2) is 10.4. The van der Waals surface area contributed by atoms with Crippen LogP contribution < -0.4 is 10.2 Å². The van der Waals surface area contributed by atoms with Gasteiger partial charge in [0.2, 0.25) is 11.2 Å². The van der Waals surface area contributed by atoms with Crippen molar-refractivity contribution < 1.29 is 36.2 Å². The lowest BCUT2D eigenvalue weighted by molar-refractivity contribution is -0.275. The highest BCUT2D eigenvalue weighted by Crippen LogP contribution is 2.35. The van der Waals surface area contributed by atoms with E-state index in [1.54, 1.807) is 12.1 Å². The van der Waals surface area contributed by atoms with Gasteiger partial charge in [-0.25, -0.2) is 9.18 Å². The van der Waals surface area contributed by atoms with Crippen LogP contribution in [0.1, 0.15) is 36.7 Å². The smallest absolute Gasteiger partial charge is 0.462 e. The summed E-state index contributed by atoms with van der Waals surface area (Å²) in [5.41, 5.74) is -1.30. The fraction of sp³-hybridized carbons (Fsp3) is 0.333. The Morgan fingerprint density at radius 2 is 1.69 bits per heavy atom. The molecule has 0 aliphatic carbocycles. The van der Waals surface area contributed by atoms with E-state index in [-0.39, 0.29) is 12.3 Å². The summed E-state index contributed by atoms with van der Waals surface area (Å²) >= 11 is 0. The van der Waals surface area contributed by atoms with Gasteiger partial charge in [-0.05, 0) is 43.8 Å². The lowest BCUT2D eigenvalue weighted by atomic mass is 10.1. The van der Waals surface area contributed by atoms with Gasteiger partial charge in [0.25, 0.3) is 0 Å². The molecular weight excluding hydrogens is 475 g/mol. The molecule has 3 rings (SSSR count). The van der Waals surface area contributed by atoms with Crippen molar-refractivity contribution in [3.63, 3.8) is 0 Å². The van der Waals surface area contributed by atoms with Crippen LogP contribution in [0.25, 0.3) is 16.6 Å². The average molecular weight is 498 g/mol. The Balaban J connectivity index is 2.33. The SMILES string of the molecule is CCOC(=O)c1cn(-c2ccc(CN(CC)CC)cc2)c2c(OC(F)(F)F)c(F)c(F)cc2c1=O.